The van der Waals surface area contributed by atoms with Crippen LogP contribution < -0.4 is 5.32 Å². The molecule has 0 aliphatic rings. The normalized spacial score (nSPS) is 10.9. The van der Waals surface area contributed by atoms with E-state index in [0.717, 1.165) is 25.4 Å². The summed E-state index contributed by atoms with van der Waals surface area (Å²) in [5.41, 5.74) is 3.73. The molecule has 0 saturated heterocycles. The zero-order chi connectivity index (χ0) is 13.7. The number of aryl methyl sites for hydroxylation is 2. The summed E-state index contributed by atoms with van der Waals surface area (Å²) in [6.07, 6.45) is 1.75. The van der Waals surface area contributed by atoms with Gasteiger partial charge in [0.15, 0.2) is 0 Å². The second kappa shape index (κ2) is 6.43. The van der Waals surface area contributed by atoms with Crippen molar-refractivity contribution in [1.29, 1.82) is 0 Å². The lowest BCUT2D eigenvalue weighted by atomic mass is 10.2. The molecular weight excluding hydrogens is 236 g/mol. The van der Waals surface area contributed by atoms with Gasteiger partial charge in [0.1, 0.15) is 5.76 Å². The summed E-state index contributed by atoms with van der Waals surface area (Å²) in [5, 5.41) is 3.43. The third-order valence-electron chi connectivity index (χ3n) is 3.28. The van der Waals surface area contributed by atoms with Crippen LogP contribution in [0.15, 0.2) is 41.0 Å². The molecule has 3 nitrogen and oxygen atoms in total. The summed E-state index contributed by atoms with van der Waals surface area (Å²) in [6.45, 7) is 6.98. The molecule has 0 aliphatic heterocycles. The monoisotopic (exact) mass is 258 g/mol. The van der Waals surface area contributed by atoms with E-state index in [1.54, 1.807) is 6.26 Å². The highest BCUT2D eigenvalue weighted by atomic mass is 16.3. The van der Waals surface area contributed by atoms with Gasteiger partial charge >= 0.3 is 0 Å². The molecule has 0 fully saturated rings. The average molecular weight is 258 g/mol. The van der Waals surface area contributed by atoms with Crippen molar-refractivity contribution >= 4 is 5.69 Å². The molecule has 0 bridgehead atoms. The maximum absolute atomic E-state index is 5.31. The number of nitrogens with one attached hydrogen (secondary N) is 1. The molecule has 0 atom stereocenters. The summed E-state index contributed by atoms with van der Waals surface area (Å²) in [7, 11) is 2.13. The molecule has 0 amide bonds. The first-order valence-electron chi connectivity index (χ1n) is 6.67. The van der Waals surface area contributed by atoms with Gasteiger partial charge in [-0.1, -0.05) is 17.7 Å². The van der Waals surface area contributed by atoms with Gasteiger partial charge in [-0.25, -0.2) is 0 Å². The largest absolute Gasteiger partial charge is 0.469 e. The second-order valence-corrected chi connectivity index (χ2v) is 5.03. The fraction of sp³-hybridized carbons (Fsp3) is 0.375. The molecule has 0 saturated carbocycles. The van der Waals surface area contributed by atoms with Crippen LogP contribution in [-0.4, -0.2) is 25.0 Å². The Labute approximate surface area is 115 Å². The molecular formula is C16H22N2O. The quantitative estimate of drug-likeness (QED) is 0.860. The zero-order valence-electron chi connectivity index (χ0n) is 11.9. The Morgan fingerprint density at radius 2 is 1.84 bits per heavy atom. The van der Waals surface area contributed by atoms with Crippen molar-refractivity contribution in [2.75, 3.05) is 25.5 Å². The van der Waals surface area contributed by atoms with Crippen molar-refractivity contribution < 1.29 is 4.42 Å². The summed E-state index contributed by atoms with van der Waals surface area (Å²) in [4.78, 5) is 2.29. The Balaban J connectivity index is 1.73. The smallest absolute Gasteiger partial charge is 0.105 e. The molecule has 2 aromatic rings. The number of furan rings is 1. The minimum Gasteiger partial charge on any atom is -0.469 e. The van der Waals surface area contributed by atoms with Gasteiger partial charge < -0.3 is 14.6 Å². The van der Waals surface area contributed by atoms with Crippen molar-refractivity contribution in [2.24, 2.45) is 0 Å². The van der Waals surface area contributed by atoms with Crippen molar-refractivity contribution in [1.82, 2.24) is 4.90 Å². The van der Waals surface area contributed by atoms with Crippen LogP contribution in [0.2, 0.25) is 0 Å². The Morgan fingerprint density at radius 3 is 2.47 bits per heavy atom. The number of anilines is 1. The summed E-state index contributed by atoms with van der Waals surface area (Å²) in [5.74, 6) is 1.01. The maximum atomic E-state index is 5.31. The predicted octanol–water partition coefficient (Wildman–Crippen LogP) is 3.44. The number of likely N-dealkylation sites (N-methyl/N-ethyl adjacent to an activating group) is 1. The highest BCUT2D eigenvalue weighted by molar-refractivity contribution is 5.44. The van der Waals surface area contributed by atoms with Crippen LogP contribution in [0, 0.1) is 13.8 Å². The second-order valence-electron chi connectivity index (χ2n) is 5.03. The molecule has 0 radical (unpaired) electrons. The number of rotatable bonds is 6. The van der Waals surface area contributed by atoms with Gasteiger partial charge in [0.05, 0.1) is 6.26 Å². The van der Waals surface area contributed by atoms with Gasteiger partial charge in [-0.05, 0) is 39.1 Å². The molecule has 3 heteroatoms. The molecule has 1 heterocycles. The van der Waals surface area contributed by atoms with Crippen LogP contribution in [0.5, 0.6) is 0 Å². The highest BCUT2D eigenvalue weighted by Crippen LogP contribution is 2.11. The van der Waals surface area contributed by atoms with Crippen LogP contribution in [0.3, 0.4) is 0 Å². The van der Waals surface area contributed by atoms with E-state index >= 15 is 0 Å². The molecule has 2 rings (SSSR count). The topological polar surface area (TPSA) is 28.4 Å². The Hall–Kier alpha value is -1.74. The minimum atomic E-state index is 0.928. The van der Waals surface area contributed by atoms with Gasteiger partial charge in [-0.2, -0.15) is 0 Å². The average Bonchev–Trinajstić information content (AvgIpc) is 2.78. The summed E-state index contributed by atoms with van der Waals surface area (Å²) < 4.78 is 5.31. The standard InChI is InChI=1S/C16H22N2O/c1-13-4-6-16(7-5-13)17-9-10-18(3)12-15-8-11-19-14(15)2/h4-8,11,17H,9-10,12H2,1-3H3. The van der Waals surface area contributed by atoms with Crippen LogP contribution >= 0.6 is 0 Å². The van der Waals surface area contributed by atoms with E-state index in [1.807, 2.05) is 13.0 Å². The third kappa shape index (κ3) is 4.14. The Kier molecular flexibility index (Phi) is 4.63. The Bertz CT molecular complexity index is 502. The molecule has 0 aliphatic carbocycles. The van der Waals surface area contributed by atoms with E-state index in [9.17, 15) is 0 Å². The van der Waals surface area contributed by atoms with Crippen molar-refractivity contribution in [3.05, 3.63) is 53.5 Å². The molecule has 0 unspecified atom stereocenters. The van der Waals surface area contributed by atoms with Gasteiger partial charge in [-0.15, -0.1) is 0 Å². The first-order chi connectivity index (χ1) is 9.15. The molecule has 1 aromatic heterocycles. The third-order valence-corrected chi connectivity index (χ3v) is 3.28. The summed E-state index contributed by atoms with van der Waals surface area (Å²) >= 11 is 0. The number of benzene rings is 1. The fourth-order valence-corrected chi connectivity index (χ4v) is 2.01. The molecule has 102 valence electrons. The Morgan fingerprint density at radius 1 is 1.11 bits per heavy atom. The van der Waals surface area contributed by atoms with E-state index in [-0.39, 0.29) is 0 Å². The maximum Gasteiger partial charge on any atom is 0.105 e. The molecule has 19 heavy (non-hydrogen) atoms. The van der Waals surface area contributed by atoms with E-state index in [4.69, 9.17) is 4.42 Å². The molecule has 1 aromatic carbocycles. The van der Waals surface area contributed by atoms with Crippen LogP contribution in [0.25, 0.3) is 0 Å². The SMILES string of the molecule is Cc1ccc(NCCN(C)Cc2ccoc2C)cc1. The van der Waals surface area contributed by atoms with Gasteiger partial charge in [-0.3, -0.25) is 0 Å². The molecule has 1 N–H and O–H groups in total. The van der Waals surface area contributed by atoms with Crippen molar-refractivity contribution in [3.63, 3.8) is 0 Å². The van der Waals surface area contributed by atoms with E-state index < -0.39 is 0 Å². The lowest BCUT2D eigenvalue weighted by Gasteiger charge is -2.17. The van der Waals surface area contributed by atoms with Gasteiger partial charge in [0, 0.05) is 30.9 Å². The van der Waals surface area contributed by atoms with Gasteiger partial charge in [0.2, 0.25) is 0 Å². The predicted molar refractivity (Wildman–Crippen MR) is 79.4 cm³/mol. The fourth-order valence-electron chi connectivity index (χ4n) is 2.01. The van der Waals surface area contributed by atoms with Crippen molar-refractivity contribution in [3.8, 4) is 0 Å². The van der Waals surface area contributed by atoms with E-state index in [2.05, 4.69) is 48.5 Å². The first kappa shape index (κ1) is 13.7. The van der Waals surface area contributed by atoms with Gasteiger partial charge in [0.25, 0.3) is 0 Å². The first-order valence-corrected chi connectivity index (χ1v) is 6.67. The van der Waals surface area contributed by atoms with E-state index in [1.165, 1.54) is 16.8 Å². The number of nitrogens with zero attached hydrogens (tertiary/aromatic N) is 1. The lowest BCUT2D eigenvalue weighted by molar-refractivity contribution is 0.337. The lowest BCUT2D eigenvalue weighted by Crippen LogP contribution is -2.24. The number of hydrogen-bond donors (Lipinski definition) is 1. The van der Waals surface area contributed by atoms with Crippen molar-refractivity contribution in [2.45, 2.75) is 20.4 Å². The minimum absolute atomic E-state index is 0.928. The zero-order valence-corrected chi connectivity index (χ0v) is 11.9. The van der Waals surface area contributed by atoms with Crippen LogP contribution in [0.1, 0.15) is 16.9 Å². The van der Waals surface area contributed by atoms with Crippen LogP contribution in [0.4, 0.5) is 5.69 Å². The summed E-state index contributed by atoms with van der Waals surface area (Å²) in [6, 6.07) is 10.5. The number of hydrogen-bond acceptors (Lipinski definition) is 3. The molecule has 0 spiro atoms. The van der Waals surface area contributed by atoms with E-state index in [0.29, 0.717) is 0 Å². The highest BCUT2D eigenvalue weighted by Gasteiger charge is 2.04. The van der Waals surface area contributed by atoms with Crippen LogP contribution in [-0.2, 0) is 6.54 Å².